The molecule has 82 valence electrons. The van der Waals surface area contributed by atoms with Gasteiger partial charge in [-0.3, -0.25) is 0 Å². The van der Waals surface area contributed by atoms with E-state index in [4.69, 9.17) is 0 Å². The van der Waals surface area contributed by atoms with E-state index in [9.17, 15) is 0 Å². The Morgan fingerprint density at radius 3 is 3.06 bits per heavy atom. The number of rotatable bonds is 0. The highest BCUT2D eigenvalue weighted by atomic mass is 32.1. The minimum Gasteiger partial charge on any atom is -0.136 e. The van der Waals surface area contributed by atoms with Crippen molar-refractivity contribution < 1.29 is 0 Å². The Bertz CT molecular complexity index is 683. The summed E-state index contributed by atoms with van der Waals surface area (Å²) in [7, 11) is 0. The van der Waals surface area contributed by atoms with Gasteiger partial charge in [-0.2, -0.15) is 0 Å². The van der Waals surface area contributed by atoms with Gasteiger partial charge in [0.25, 0.3) is 0 Å². The monoisotopic (exact) mass is 236 g/mol. The molecule has 1 heterocycles. The van der Waals surface area contributed by atoms with E-state index in [2.05, 4.69) is 54.6 Å². The molecule has 17 heavy (non-hydrogen) atoms. The van der Waals surface area contributed by atoms with E-state index in [-0.39, 0.29) is 0 Å². The molecule has 0 amide bonds. The van der Waals surface area contributed by atoms with Gasteiger partial charge in [0.05, 0.1) is 0 Å². The van der Waals surface area contributed by atoms with Gasteiger partial charge in [0.1, 0.15) is 0 Å². The standard InChI is InChI=1S/C16H12S/c1-2-6-12-10-16-14(9-11(12)5-1)13-7-3-4-8-15(13)17-16/h1-8,10-11H,9H2. The fourth-order valence-electron chi connectivity index (χ4n) is 2.76. The maximum Gasteiger partial charge on any atom is 0.0352 e. The molecule has 1 aromatic carbocycles. The minimum atomic E-state index is 0.588. The van der Waals surface area contributed by atoms with Crippen LogP contribution >= 0.6 is 11.3 Å². The van der Waals surface area contributed by atoms with E-state index in [1.54, 1.807) is 5.56 Å². The summed E-state index contributed by atoms with van der Waals surface area (Å²) < 4.78 is 1.42. The third-order valence-corrected chi connectivity index (χ3v) is 4.78. The second-order valence-corrected chi connectivity index (χ2v) is 5.72. The molecule has 1 unspecified atom stereocenters. The Morgan fingerprint density at radius 2 is 2.06 bits per heavy atom. The number of benzene rings is 1. The predicted octanol–water partition coefficient (Wildman–Crippen LogP) is 4.58. The quantitative estimate of drug-likeness (QED) is 0.628. The molecule has 2 aromatic rings. The summed E-state index contributed by atoms with van der Waals surface area (Å²) in [6, 6.07) is 8.76. The van der Waals surface area contributed by atoms with Crippen molar-refractivity contribution in [3.05, 3.63) is 64.6 Å². The zero-order valence-electron chi connectivity index (χ0n) is 9.39. The topological polar surface area (TPSA) is 0 Å². The van der Waals surface area contributed by atoms with Crippen molar-refractivity contribution >= 4 is 27.5 Å². The number of thiophene rings is 1. The molecule has 1 atom stereocenters. The van der Waals surface area contributed by atoms with Crippen LogP contribution in [0.5, 0.6) is 0 Å². The molecule has 0 radical (unpaired) electrons. The van der Waals surface area contributed by atoms with Crippen molar-refractivity contribution in [2.75, 3.05) is 0 Å². The Labute approximate surface area is 105 Å². The van der Waals surface area contributed by atoms with Crippen LogP contribution in [-0.2, 0) is 6.42 Å². The molecule has 1 aromatic heterocycles. The van der Waals surface area contributed by atoms with Crippen LogP contribution < -0.4 is 0 Å². The van der Waals surface area contributed by atoms with Crippen LogP contribution in [0.15, 0.2) is 54.1 Å². The van der Waals surface area contributed by atoms with Crippen LogP contribution in [-0.4, -0.2) is 0 Å². The smallest absolute Gasteiger partial charge is 0.0352 e. The van der Waals surface area contributed by atoms with E-state index in [1.807, 2.05) is 11.3 Å². The summed E-state index contributed by atoms with van der Waals surface area (Å²) in [5.41, 5.74) is 3.01. The van der Waals surface area contributed by atoms with Crippen molar-refractivity contribution in [1.82, 2.24) is 0 Å². The van der Waals surface area contributed by atoms with Crippen molar-refractivity contribution in [2.45, 2.75) is 6.42 Å². The Balaban J connectivity index is 1.99. The first kappa shape index (κ1) is 9.43. The minimum absolute atomic E-state index is 0.588. The van der Waals surface area contributed by atoms with Crippen molar-refractivity contribution in [1.29, 1.82) is 0 Å². The van der Waals surface area contributed by atoms with Gasteiger partial charge in [-0.05, 0) is 35.1 Å². The van der Waals surface area contributed by atoms with Gasteiger partial charge < -0.3 is 0 Å². The van der Waals surface area contributed by atoms with Gasteiger partial charge >= 0.3 is 0 Å². The molecular formula is C16H12S. The summed E-state index contributed by atoms with van der Waals surface area (Å²) in [5.74, 6) is 0.588. The van der Waals surface area contributed by atoms with Crippen LogP contribution in [0.25, 0.3) is 16.2 Å². The molecule has 2 aliphatic carbocycles. The molecule has 4 rings (SSSR count). The summed E-state index contributed by atoms with van der Waals surface area (Å²) in [5, 5.41) is 1.45. The third-order valence-electron chi connectivity index (χ3n) is 3.62. The molecule has 0 nitrogen and oxygen atoms in total. The lowest BCUT2D eigenvalue weighted by atomic mass is 9.83. The molecule has 1 heteroatoms. The van der Waals surface area contributed by atoms with Gasteiger partial charge in [-0.1, -0.05) is 42.5 Å². The number of fused-ring (bicyclic) bond motifs is 4. The van der Waals surface area contributed by atoms with Crippen LogP contribution in [0.4, 0.5) is 0 Å². The Hall–Kier alpha value is -1.60. The van der Waals surface area contributed by atoms with Gasteiger partial charge in [0.15, 0.2) is 0 Å². The highest BCUT2D eigenvalue weighted by Crippen LogP contribution is 2.40. The average molecular weight is 236 g/mol. The van der Waals surface area contributed by atoms with Crippen LogP contribution in [0.2, 0.25) is 0 Å². The van der Waals surface area contributed by atoms with Gasteiger partial charge in [-0.15, -0.1) is 11.3 Å². The second-order valence-electron chi connectivity index (χ2n) is 4.64. The first-order chi connectivity index (χ1) is 8.42. The number of allylic oxidation sites excluding steroid dienone is 5. The summed E-state index contributed by atoms with van der Waals surface area (Å²) in [4.78, 5) is 1.46. The normalized spacial score (nSPS) is 21.2. The maximum absolute atomic E-state index is 2.37. The van der Waals surface area contributed by atoms with Crippen LogP contribution in [0.1, 0.15) is 10.4 Å². The third kappa shape index (κ3) is 1.36. The fraction of sp³-hybridized carbons (Fsp3) is 0.125. The first-order valence-corrected chi connectivity index (χ1v) is 6.80. The molecule has 0 bridgehead atoms. The molecule has 0 fully saturated rings. The van der Waals surface area contributed by atoms with E-state index in [0.29, 0.717) is 5.92 Å². The lowest BCUT2D eigenvalue weighted by molar-refractivity contribution is 0.767. The van der Waals surface area contributed by atoms with E-state index in [0.717, 1.165) is 6.42 Å². The van der Waals surface area contributed by atoms with Gasteiger partial charge in [-0.25, -0.2) is 0 Å². The predicted molar refractivity (Wildman–Crippen MR) is 75.3 cm³/mol. The second kappa shape index (κ2) is 3.44. The molecule has 0 N–H and O–H groups in total. The highest BCUT2D eigenvalue weighted by molar-refractivity contribution is 7.20. The molecule has 0 saturated carbocycles. The maximum atomic E-state index is 2.37. The highest BCUT2D eigenvalue weighted by Gasteiger charge is 2.22. The number of hydrogen-bond donors (Lipinski definition) is 0. The van der Waals surface area contributed by atoms with Crippen LogP contribution in [0.3, 0.4) is 0 Å². The SMILES string of the molecule is C1=CC2=Cc3sc4ccccc4c3CC2C=C1. The summed E-state index contributed by atoms with van der Waals surface area (Å²) in [6.45, 7) is 0. The molecule has 0 aliphatic heterocycles. The van der Waals surface area contributed by atoms with E-state index >= 15 is 0 Å². The van der Waals surface area contributed by atoms with Gasteiger partial charge in [0, 0.05) is 15.5 Å². The largest absolute Gasteiger partial charge is 0.136 e. The lowest BCUT2D eigenvalue weighted by Crippen LogP contribution is -2.09. The fourth-order valence-corrected chi connectivity index (χ4v) is 3.95. The average Bonchev–Trinajstić information content (AvgIpc) is 2.73. The molecule has 2 aliphatic rings. The summed E-state index contributed by atoms with van der Waals surface area (Å²) >= 11 is 1.92. The van der Waals surface area contributed by atoms with Crippen molar-refractivity contribution in [3.63, 3.8) is 0 Å². The zero-order chi connectivity index (χ0) is 11.2. The van der Waals surface area contributed by atoms with Crippen molar-refractivity contribution in [2.24, 2.45) is 5.92 Å². The molecular weight excluding hydrogens is 224 g/mol. The first-order valence-electron chi connectivity index (χ1n) is 5.99. The van der Waals surface area contributed by atoms with Gasteiger partial charge in [0.2, 0.25) is 0 Å². The summed E-state index contributed by atoms with van der Waals surface area (Å²) in [6.07, 6.45) is 12.4. The number of hydrogen-bond acceptors (Lipinski definition) is 1. The Kier molecular flexibility index (Phi) is 1.91. The van der Waals surface area contributed by atoms with Crippen molar-refractivity contribution in [3.8, 4) is 0 Å². The van der Waals surface area contributed by atoms with E-state index in [1.165, 1.54) is 20.5 Å². The van der Waals surface area contributed by atoms with E-state index < -0.39 is 0 Å². The molecule has 0 saturated heterocycles. The molecule has 0 spiro atoms. The zero-order valence-corrected chi connectivity index (χ0v) is 10.2. The Morgan fingerprint density at radius 1 is 1.12 bits per heavy atom. The van der Waals surface area contributed by atoms with Crippen LogP contribution in [0, 0.1) is 5.92 Å². The lowest BCUT2D eigenvalue weighted by Gasteiger charge is -2.21.